The predicted octanol–water partition coefficient (Wildman–Crippen LogP) is -2.94. The van der Waals surface area contributed by atoms with Gasteiger partial charge < -0.3 is 67.9 Å². The molecule has 0 N–H and O–H groups in total. The van der Waals surface area contributed by atoms with E-state index in [1.165, 1.54) is 55.6 Å². The second kappa shape index (κ2) is 31.7. The summed E-state index contributed by atoms with van der Waals surface area (Å²) >= 11 is 19.1. The van der Waals surface area contributed by atoms with Gasteiger partial charge in [0.1, 0.15) is 0 Å². The van der Waals surface area contributed by atoms with E-state index in [1.807, 2.05) is 74.9 Å². The maximum Gasteiger partial charge on any atom is 2.00 e. The fourth-order valence-electron chi connectivity index (χ4n) is 5.77. The molecular formula is C36H44Cl8Cu2N8. The van der Waals surface area contributed by atoms with Crippen molar-refractivity contribution in [2.45, 2.75) is 67.7 Å². The van der Waals surface area contributed by atoms with Crippen LogP contribution in [0.25, 0.3) is 0 Å². The fraction of sp³-hybridized carbons (Fsp3) is 0.333. The maximum absolute atomic E-state index is 4.76. The van der Waals surface area contributed by atoms with Crippen LogP contribution >= 0.6 is 46.4 Å². The van der Waals surface area contributed by atoms with Gasteiger partial charge in [-0.2, -0.15) is 0 Å². The standard InChI is InChI=1S/2C17H20N4.2CH2Cl2.4ClH.2Cu/c2*1-13-8-14(2)17(10-21-7-5-19-12-21)15(3)16(13)9-20-6-4-18-11-20;2*2-1-3;;;;;;/h2*4-8,11-12H,9-10H2,1-3H3;2*1H2;4*1H;;/q;;;;;;;;2*+2/p-4. The van der Waals surface area contributed by atoms with Crippen LogP contribution in [0.15, 0.2) is 87.0 Å². The number of imidazole rings is 4. The molecule has 0 aliphatic rings. The van der Waals surface area contributed by atoms with E-state index in [1.54, 1.807) is 0 Å². The topological polar surface area (TPSA) is 71.3 Å². The quantitative estimate of drug-likeness (QED) is 0.121. The van der Waals surface area contributed by atoms with E-state index in [2.05, 4.69) is 91.9 Å². The van der Waals surface area contributed by atoms with Crippen molar-refractivity contribution >= 4 is 46.4 Å². The Hall–Kier alpha value is -1.36. The smallest absolute Gasteiger partial charge is 1.00 e. The molecule has 0 amide bonds. The van der Waals surface area contributed by atoms with Crippen molar-refractivity contribution in [3.8, 4) is 0 Å². The van der Waals surface area contributed by atoms with Crippen molar-refractivity contribution in [1.82, 2.24) is 38.2 Å². The van der Waals surface area contributed by atoms with Gasteiger partial charge in [0.15, 0.2) is 0 Å². The predicted molar refractivity (Wildman–Crippen MR) is 200 cm³/mol. The number of aryl methyl sites for hydroxylation is 4. The van der Waals surface area contributed by atoms with Crippen molar-refractivity contribution in [1.29, 1.82) is 0 Å². The zero-order valence-corrected chi connectivity index (χ0v) is 38.5. The molecule has 0 saturated carbocycles. The Morgan fingerprint density at radius 3 is 0.741 bits per heavy atom. The van der Waals surface area contributed by atoms with Gasteiger partial charge >= 0.3 is 34.1 Å². The Labute approximate surface area is 386 Å². The van der Waals surface area contributed by atoms with Crippen molar-refractivity contribution in [2.24, 2.45) is 0 Å². The summed E-state index contributed by atoms with van der Waals surface area (Å²) in [5.74, 6) is 0. The largest absolute Gasteiger partial charge is 2.00 e. The SMILES string of the molecule is Cc1cc(C)c(Cn2ccnc2)c(C)c1Cn1ccnc1.Cc1cc(C)c(Cn2ccnc2)c(C)c1Cn1ccnc1.ClCCl.ClCCl.[Cl-].[Cl-].[Cl-].[Cl-].[Cu+2].[Cu+2]. The first-order valence-corrected chi connectivity index (χ1v) is 17.5. The van der Waals surface area contributed by atoms with Gasteiger partial charge in [-0.3, -0.25) is 0 Å². The van der Waals surface area contributed by atoms with Crippen LogP contribution < -0.4 is 49.6 Å². The van der Waals surface area contributed by atoms with Crippen LogP contribution in [0.5, 0.6) is 0 Å². The van der Waals surface area contributed by atoms with Crippen LogP contribution in [0, 0.1) is 41.5 Å². The van der Waals surface area contributed by atoms with Crippen LogP contribution in [-0.4, -0.2) is 48.9 Å². The van der Waals surface area contributed by atoms with E-state index in [4.69, 9.17) is 46.4 Å². The van der Waals surface area contributed by atoms with Crippen LogP contribution in [0.3, 0.4) is 0 Å². The van der Waals surface area contributed by atoms with Crippen LogP contribution in [0.1, 0.15) is 55.6 Å². The first-order valence-electron chi connectivity index (χ1n) is 15.4. The second-order valence-electron chi connectivity index (χ2n) is 11.3. The Morgan fingerprint density at radius 2 is 0.593 bits per heavy atom. The van der Waals surface area contributed by atoms with Crippen LogP contribution in [0.2, 0.25) is 0 Å². The minimum absolute atomic E-state index is 0. The fourth-order valence-corrected chi connectivity index (χ4v) is 5.77. The summed E-state index contributed by atoms with van der Waals surface area (Å²) in [5, 5.41) is 0.389. The average Bonchev–Trinajstić information content (AvgIpc) is 3.89. The summed E-state index contributed by atoms with van der Waals surface area (Å²) in [5.41, 5.74) is 13.6. The molecule has 0 aliphatic heterocycles. The van der Waals surface area contributed by atoms with Crippen molar-refractivity contribution < 1.29 is 83.8 Å². The van der Waals surface area contributed by atoms with Gasteiger partial charge in [0, 0.05) is 75.8 Å². The minimum atomic E-state index is 0. The van der Waals surface area contributed by atoms with E-state index >= 15 is 0 Å². The molecule has 4 heterocycles. The molecule has 6 aromatic rings. The molecule has 2 radical (unpaired) electrons. The van der Waals surface area contributed by atoms with E-state index in [-0.39, 0.29) is 94.4 Å². The molecule has 6 rings (SSSR count). The summed E-state index contributed by atoms with van der Waals surface area (Å²) in [6.45, 7) is 16.7. The van der Waals surface area contributed by atoms with Crippen molar-refractivity contribution in [3.05, 3.63) is 143 Å². The van der Waals surface area contributed by atoms with Crippen LogP contribution in [-0.2, 0) is 60.3 Å². The molecule has 18 heteroatoms. The molecule has 0 saturated heterocycles. The van der Waals surface area contributed by atoms with Gasteiger partial charge in [-0.25, -0.2) is 19.9 Å². The summed E-state index contributed by atoms with van der Waals surface area (Å²) in [4.78, 5) is 16.5. The van der Waals surface area contributed by atoms with Gasteiger partial charge in [-0.1, -0.05) is 12.1 Å². The molecule has 8 nitrogen and oxygen atoms in total. The first-order chi connectivity index (χ1) is 23.1. The Bertz CT molecular complexity index is 1540. The van der Waals surface area contributed by atoms with Gasteiger partial charge in [0.05, 0.1) is 36.0 Å². The Kier molecular flexibility index (Phi) is 34.8. The summed E-state index contributed by atoms with van der Waals surface area (Å²) in [6.07, 6.45) is 22.8. The number of rotatable bonds is 8. The molecule has 0 aliphatic carbocycles. The van der Waals surface area contributed by atoms with Crippen molar-refractivity contribution in [2.75, 3.05) is 10.7 Å². The van der Waals surface area contributed by atoms with E-state index < -0.39 is 0 Å². The third-order valence-corrected chi connectivity index (χ3v) is 8.18. The second-order valence-corrected chi connectivity index (χ2v) is 12.9. The monoisotopic (exact) mass is 994 g/mol. The molecule has 0 unspecified atom stereocenters. The number of benzene rings is 2. The van der Waals surface area contributed by atoms with E-state index in [0.29, 0.717) is 0 Å². The molecule has 4 aromatic heterocycles. The molecule has 0 atom stereocenters. The molecule has 306 valence electrons. The number of nitrogens with zero attached hydrogens (tertiary/aromatic N) is 8. The zero-order chi connectivity index (χ0) is 35.1. The molecule has 54 heavy (non-hydrogen) atoms. The normalized spacial score (nSPS) is 9.22. The zero-order valence-electron chi connectivity index (χ0n) is 30.5. The molecule has 0 spiro atoms. The molecule has 0 bridgehead atoms. The summed E-state index contributed by atoms with van der Waals surface area (Å²) in [7, 11) is 0. The van der Waals surface area contributed by atoms with Crippen molar-refractivity contribution in [3.63, 3.8) is 0 Å². The van der Waals surface area contributed by atoms with E-state index in [9.17, 15) is 0 Å². The molecule has 0 fully saturated rings. The summed E-state index contributed by atoms with van der Waals surface area (Å²) in [6, 6.07) is 4.57. The number of alkyl halides is 4. The minimum Gasteiger partial charge on any atom is -1.00 e. The number of hydrogen-bond donors (Lipinski definition) is 0. The summed E-state index contributed by atoms with van der Waals surface area (Å²) < 4.78 is 8.47. The third kappa shape index (κ3) is 18.3. The van der Waals surface area contributed by atoms with Gasteiger partial charge in [-0.15, -0.1) is 46.4 Å². The van der Waals surface area contributed by atoms with Gasteiger partial charge in [0.2, 0.25) is 0 Å². The maximum atomic E-state index is 4.76. The molecular weight excluding hydrogens is 955 g/mol. The number of aromatic nitrogens is 8. The number of halogens is 8. The van der Waals surface area contributed by atoms with Gasteiger partial charge in [-0.05, 0) is 97.2 Å². The van der Waals surface area contributed by atoms with Crippen LogP contribution in [0.4, 0.5) is 0 Å². The Balaban J connectivity index is -0.000000368. The average molecular weight is 1000 g/mol. The Morgan fingerprint density at radius 1 is 0.407 bits per heavy atom. The number of hydrogen-bond acceptors (Lipinski definition) is 4. The van der Waals surface area contributed by atoms with E-state index in [0.717, 1.165) is 26.2 Å². The third-order valence-electron chi connectivity index (χ3n) is 8.18. The molecule has 2 aromatic carbocycles. The van der Waals surface area contributed by atoms with Gasteiger partial charge in [0.25, 0.3) is 0 Å². The first kappa shape index (κ1) is 59.3.